The number of aliphatic hydroxyl groups excluding tert-OH is 1. The molecule has 1 saturated heterocycles. The van der Waals surface area contributed by atoms with Crippen molar-refractivity contribution in [3.8, 4) is 0 Å². The molecule has 19 heavy (non-hydrogen) atoms. The standard InChI is InChI=1S/C15H25N3O/c1-15(2,3)13-4-5-14(16-12-13)18-8-6-17(7-9-18)10-11-19/h4-5,12,19H,6-11H2,1-3H3. The highest BCUT2D eigenvalue weighted by atomic mass is 16.3. The third-order valence-corrected chi connectivity index (χ3v) is 3.73. The van der Waals surface area contributed by atoms with Crippen LogP contribution in [0.3, 0.4) is 0 Å². The number of nitrogens with zero attached hydrogens (tertiary/aromatic N) is 3. The molecule has 2 rings (SSSR count). The number of pyridine rings is 1. The van der Waals surface area contributed by atoms with Gasteiger partial charge in [0.25, 0.3) is 0 Å². The minimum absolute atomic E-state index is 0.158. The maximum atomic E-state index is 8.94. The molecule has 0 bridgehead atoms. The number of hydrogen-bond acceptors (Lipinski definition) is 4. The van der Waals surface area contributed by atoms with Crippen molar-refractivity contribution in [3.63, 3.8) is 0 Å². The minimum Gasteiger partial charge on any atom is -0.395 e. The number of aromatic nitrogens is 1. The lowest BCUT2D eigenvalue weighted by Gasteiger charge is -2.35. The van der Waals surface area contributed by atoms with Crippen LogP contribution >= 0.6 is 0 Å². The van der Waals surface area contributed by atoms with Crippen LogP contribution in [0.25, 0.3) is 0 Å². The van der Waals surface area contributed by atoms with Crippen molar-refractivity contribution in [3.05, 3.63) is 23.9 Å². The molecule has 0 atom stereocenters. The molecule has 0 aliphatic carbocycles. The second-order valence-corrected chi connectivity index (χ2v) is 6.21. The number of anilines is 1. The first kappa shape index (κ1) is 14.3. The molecule has 0 aromatic carbocycles. The van der Waals surface area contributed by atoms with Gasteiger partial charge in [-0.25, -0.2) is 4.98 Å². The summed E-state index contributed by atoms with van der Waals surface area (Å²) in [7, 11) is 0. The largest absolute Gasteiger partial charge is 0.395 e. The Morgan fingerprint density at radius 1 is 1.16 bits per heavy atom. The highest BCUT2D eigenvalue weighted by molar-refractivity contribution is 5.41. The average molecular weight is 263 g/mol. The molecular weight excluding hydrogens is 238 g/mol. The Morgan fingerprint density at radius 2 is 1.84 bits per heavy atom. The fourth-order valence-corrected chi connectivity index (χ4v) is 2.36. The summed E-state index contributed by atoms with van der Waals surface area (Å²) < 4.78 is 0. The van der Waals surface area contributed by atoms with Gasteiger partial charge in [0.1, 0.15) is 5.82 Å². The molecule has 106 valence electrons. The lowest BCUT2D eigenvalue weighted by molar-refractivity contribution is 0.188. The van der Waals surface area contributed by atoms with Gasteiger partial charge in [-0.3, -0.25) is 4.90 Å². The van der Waals surface area contributed by atoms with E-state index in [0.29, 0.717) is 0 Å². The van der Waals surface area contributed by atoms with E-state index in [-0.39, 0.29) is 12.0 Å². The van der Waals surface area contributed by atoms with Crippen LogP contribution in [0.15, 0.2) is 18.3 Å². The number of rotatable bonds is 3. The van der Waals surface area contributed by atoms with E-state index in [2.05, 4.69) is 47.7 Å². The van der Waals surface area contributed by atoms with Crippen molar-refractivity contribution in [2.24, 2.45) is 0 Å². The maximum Gasteiger partial charge on any atom is 0.128 e. The lowest BCUT2D eigenvalue weighted by atomic mass is 9.88. The second kappa shape index (κ2) is 5.88. The Balaban J connectivity index is 1.97. The van der Waals surface area contributed by atoms with Crippen molar-refractivity contribution < 1.29 is 5.11 Å². The van der Waals surface area contributed by atoms with E-state index in [9.17, 15) is 0 Å². The van der Waals surface area contributed by atoms with Crippen molar-refractivity contribution in [1.29, 1.82) is 0 Å². The molecule has 1 N–H and O–H groups in total. The molecule has 1 fully saturated rings. The third-order valence-electron chi connectivity index (χ3n) is 3.73. The fraction of sp³-hybridized carbons (Fsp3) is 0.667. The summed E-state index contributed by atoms with van der Waals surface area (Å²) in [6.07, 6.45) is 2.00. The summed E-state index contributed by atoms with van der Waals surface area (Å²) in [5.41, 5.74) is 1.43. The van der Waals surface area contributed by atoms with Crippen molar-refractivity contribution >= 4 is 5.82 Å². The summed E-state index contributed by atoms with van der Waals surface area (Å²) >= 11 is 0. The summed E-state index contributed by atoms with van der Waals surface area (Å²) in [6.45, 7) is 11.6. The molecule has 0 amide bonds. The van der Waals surface area contributed by atoms with E-state index in [1.54, 1.807) is 0 Å². The van der Waals surface area contributed by atoms with Gasteiger partial charge in [0, 0.05) is 38.9 Å². The summed E-state index contributed by atoms with van der Waals surface area (Å²) in [4.78, 5) is 9.21. The predicted molar refractivity (Wildman–Crippen MR) is 78.7 cm³/mol. The van der Waals surface area contributed by atoms with Crippen LogP contribution in [0, 0.1) is 0 Å². The van der Waals surface area contributed by atoms with E-state index >= 15 is 0 Å². The van der Waals surface area contributed by atoms with Gasteiger partial charge in [0.05, 0.1) is 6.61 Å². The molecule has 0 saturated carbocycles. The van der Waals surface area contributed by atoms with E-state index in [0.717, 1.165) is 38.5 Å². The predicted octanol–water partition coefficient (Wildman–Crippen LogP) is 1.49. The van der Waals surface area contributed by atoms with Crippen LogP contribution in [0.4, 0.5) is 5.82 Å². The van der Waals surface area contributed by atoms with Crippen LogP contribution in [-0.2, 0) is 5.41 Å². The fourth-order valence-electron chi connectivity index (χ4n) is 2.36. The zero-order valence-electron chi connectivity index (χ0n) is 12.3. The Kier molecular flexibility index (Phi) is 4.42. The molecule has 0 spiro atoms. The first-order valence-corrected chi connectivity index (χ1v) is 7.05. The summed E-state index contributed by atoms with van der Waals surface area (Å²) in [5, 5.41) is 8.94. The normalized spacial score (nSPS) is 17.8. The van der Waals surface area contributed by atoms with E-state index in [4.69, 9.17) is 5.11 Å². The van der Waals surface area contributed by atoms with Crippen LogP contribution in [0.1, 0.15) is 26.3 Å². The molecule has 0 unspecified atom stereocenters. The van der Waals surface area contributed by atoms with E-state index in [1.807, 2.05) is 6.20 Å². The average Bonchev–Trinajstić information content (AvgIpc) is 2.39. The van der Waals surface area contributed by atoms with Gasteiger partial charge < -0.3 is 10.0 Å². The maximum absolute atomic E-state index is 8.94. The molecule has 2 heterocycles. The number of hydrogen-bond donors (Lipinski definition) is 1. The van der Waals surface area contributed by atoms with E-state index in [1.165, 1.54) is 5.56 Å². The first-order chi connectivity index (χ1) is 9.00. The van der Waals surface area contributed by atoms with Gasteiger partial charge in [0.15, 0.2) is 0 Å². The van der Waals surface area contributed by atoms with Crippen LogP contribution in [-0.4, -0.2) is 54.3 Å². The molecule has 4 nitrogen and oxygen atoms in total. The van der Waals surface area contributed by atoms with Crippen LogP contribution in [0.5, 0.6) is 0 Å². The van der Waals surface area contributed by atoms with Crippen molar-refractivity contribution in [1.82, 2.24) is 9.88 Å². The first-order valence-electron chi connectivity index (χ1n) is 7.05. The Bertz CT molecular complexity index is 389. The number of piperazine rings is 1. The molecule has 0 radical (unpaired) electrons. The Labute approximate surface area is 116 Å². The number of aliphatic hydroxyl groups is 1. The van der Waals surface area contributed by atoms with Gasteiger partial charge >= 0.3 is 0 Å². The quantitative estimate of drug-likeness (QED) is 0.897. The van der Waals surface area contributed by atoms with Crippen molar-refractivity contribution in [2.75, 3.05) is 44.2 Å². The summed E-state index contributed by atoms with van der Waals surface area (Å²) in [5.74, 6) is 1.07. The SMILES string of the molecule is CC(C)(C)c1ccc(N2CCN(CCO)CC2)nc1. The molecule has 1 aliphatic rings. The highest BCUT2D eigenvalue weighted by Crippen LogP contribution is 2.23. The third kappa shape index (κ3) is 3.67. The molecule has 1 aromatic heterocycles. The minimum atomic E-state index is 0.158. The van der Waals surface area contributed by atoms with Crippen molar-refractivity contribution in [2.45, 2.75) is 26.2 Å². The smallest absolute Gasteiger partial charge is 0.128 e. The van der Waals surface area contributed by atoms with Gasteiger partial charge in [-0.2, -0.15) is 0 Å². The Hall–Kier alpha value is -1.13. The lowest BCUT2D eigenvalue weighted by Crippen LogP contribution is -2.47. The van der Waals surface area contributed by atoms with Gasteiger partial charge in [-0.15, -0.1) is 0 Å². The second-order valence-electron chi connectivity index (χ2n) is 6.21. The zero-order valence-corrected chi connectivity index (χ0v) is 12.3. The summed E-state index contributed by atoms with van der Waals surface area (Å²) in [6, 6.07) is 4.31. The van der Waals surface area contributed by atoms with Gasteiger partial charge in [-0.05, 0) is 17.0 Å². The molecule has 1 aromatic rings. The molecule has 1 aliphatic heterocycles. The van der Waals surface area contributed by atoms with Gasteiger partial charge in [-0.1, -0.05) is 26.8 Å². The van der Waals surface area contributed by atoms with Crippen LogP contribution in [0.2, 0.25) is 0 Å². The van der Waals surface area contributed by atoms with E-state index < -0.39 is 0 Å². The highest BCUT2D eigenvalue weighted by Gasteiger charge is 2.19. The topological polar surface area (TPSA) is 39.6 Å². The monoisotopic (exact) mass is 263 g/mol. The van der Waals surface area contributed by atoms with Crippen LogP contribution < -0.4 is 4.90 Å². The molecular formula is C15H25N3O. The molecule has 4 heteroatoms. The number of β-amino-alcohol motifs (C(OH)–C–C–N with tert-alkyl or cyclic N) is 1. The van der Waals surface area contributed by atoms with Gasteiger partial charge in [0.2, 0.25) is 0 Å². The zero-order chi connectivity index (χ0) is 13.9. The Morgan fingerprint density at radius 3 is 2.32 bits per heavy atom.